The van der Waals surface area contributed by atoms with Crippen molar-refractivity contribution in [1.82, 2.24) is 0 Å². The molecular weight excluding hydrogens is 337 g/mol. The van der Waals surface area contributed by atoms with Gasteiger partial charge in [-0.25, -0.2) is 8.42 Å². The summed E-state index contributed by atoms with van der Waals surface area (Å²) in [4.78, 5) is 20.1. The van der Waals surface area contributed by atoms with Gasteiger partial charge in [-0.3, -0.25) is 14.9 Å². The van der Waals surface area contributed by atoms with Gasteiger partial charge in [0.2, 0.25) is 9.84 Å². The number of benzene rings is 1. The lowest BCUT2D eigenvalue weighted by Gasteiger charge is -1.97. The van der Waals surface area contributed by atoms with Crippen molar-refractivity contribution in [1.29, 1.82) is 0 Å². The lowest BCUT2D eigenvalue weighted by atomic mass is 10.3. The van der Waals surface area contributed by atoms with Gasteiger partial charge in [0, 0.05) is 34.7 Å². The zero-order valence-corrected chi connectivity index (χ0v) is 10.1. The highest BCUT2D eigenvalue weighted by molar-refractivity contribution is 14.1. The van der Waals surface area contributed by atoms with E-state index in [-0.39, 0.29) is 10.6 Å². The largest absolute Gasteiger partial charge is 0.310 e. The Morgan fingerprint density at radius 3 is 2.07 bits per heavy atom. The first-order valence-electron chi connectivity index (χ1n) is 3.54. The standard InChI is InChI=1S/C7H4INO5S/c8-7(10)15(13,14)6-3-1-5(2-4-6)9(11)12/h1-4H. The van der Waals surface area contributed by atoms with Crippen LogP contribution in [0.3, 0.4) is 0 Å². The van der Waals surface area contributed by atoms with Crippen LogP contribution >= 0.6 is 22.6 Å². The van der Waals surface area contributed by atoms with E-state index in [0.717, 1.165) is 46.9 Å². The fourth-order valence-electron chi connectivity index (χ4n) is 0.840. The van der Waals surface area contributed by atoms with Gasteiger partial charge in [0.1, 0.15) is 0 Å². The summed E-state index contributed by atoms with van der Waals surface area (Å²) >= 11 is 1.15. The molecule has 8 heteroatoms. The number of carbonyl (C=O) groups is 1. The van der Waals surface area contributed by atoms with Crippen molar-refractivity contribution in [2.45, 2.75) is 4.90 Å². The number of hydrogen-bond acceptors (Lipinski definition) is 5. The number of carbonyl (C=O) groups excluding carboxylic acids is 1. The normalized spacial score (nSPS) is 11.0. The maximum atomic E-state index is 11.3. The van der Waals surface area contributed by atoms with E-state index < -0.39 is 17.9 Å². The topological polar surface area (TPSA) is 94.3 Å². The van der Waals surface area contributed by atoms with Gasteiger partial charge >= 0.3 is 3.12 Å². The third kappa shape index (κ3) is 2.50. The van der Waals surface area contributed by atoms with E-state index in [4.69, 9.17) is 0 Å². The van der Waals surface area contributed by atoms with Gasteiger partial charge in [-0.1, -0.05) is 0 Å². The number of non-ortho nitro benzene ring substituents is 1. The molecule has 1 rings (SSSR count). The molecule has 6 nitrogen and oxygen atoms in total. The van der Waals surface area contributed by atoms with E-state index in [1.54, 1.807) is 0 Å². The minimum absolute atomic E-state index is 0.227. The van der Waals surface area contributed by atoms with Crippen molar-refractivity contribution in [3.8, 4) is 0 Å². The van der Waals surface area contributed by atoms with Gasteiger partial charge in [0.25, 0.3) is 5.69 Å². The SMILES string of the molecule is O=C(I)S(=O)(=O)c1ccc([N+](=O)[O-])cc1. The predicted molar refractivity (Wildman–Crippen MR) is 59.7 cm³/mol. The molecule has 0 spiro atoms. The quantitative estimate of drug-likeness (QED) is 0.355. The molecule has 0 saturated carbocycles. The molecule has 0 aliphatic carbocycles. The summed E-state index contributed by atoms with van der Waals surface area (Å²) in [5.41, 5.74) is -0.227. The number of nitro benzene ring substituents is 1. The summed E-state index contributed by atoms with van der Waals surface area (Å²) in [6.07, 6.45) is 0. The van der Waals surface area contributed by atoms with Crippen LogP contribution in [0.5, 0.6) is 0 Å². The first kappa shape index (κ1) is 12.0. The molecule has 1 aromatic carbocycles. The highest BCUT2D eigenvalue weighted by Gasteiger charge is 2.22. The number of halogens is 1. The molecule has 0 aliphatic heterocycles. The van der Waals surface area contributed by atoms with Crippen molar-refractivity contribution in [2.24, 2.45) is 0 Å². The zero-order chi connectivity index (χ0) is 11.6. The van der Waals surface area contributed by atoms with E-state index in [1.165, 1.54) is 0 Å². The Kier molecular flexibility index (Phi) is 3.39. The molecule has 0 bridgehead atoms. The van der Waals surface area contributed by atoms with Crippen molar-refractivity contribution >= 4 is 41.2 Å². The van der Waals surface area contributed by atoms with E-state index in [0.29, 0.717) is 0 Å². The minimum Gasteiger partial charge on any atom is -0.269 e. The second-order valence-electron chi connectivity index (χ2n) is 2.49. The first-order valence-corrected chi connectivity index (χ1v) is 6.11. The van der Waals surface area contributed by atoms with Crippen LogP contribution in [0.4, 0.5) is 10.5 Å². The number of nitro groups is 1. The average molecular weight is 341 g/mol. The third-order valence-electron chi connectivity index (χ3n) is 1.57. The molecule has 0 aliphatic rings. The Morgan fingerprint density at radius 2 is 1.73 bits per heavy atom. The molecule has 1 aromatic rings. The van der Waals surface area contributed by atoms with E-state index >= 15 is 0 Å². The number of hydrogen-bond donors (Lipinski definition) is 0. The summed E-state index contributed by atoms with van der Waals surface area (Å²) in [5.74, 6) is 0. The Labute approximate surface area is 98.5 Å². The number of rotatable bonds is 2. The second-order valence-corrected chi connectivity index (χ2v) is 6.05. The monoisotopic (exact) mass is 341 g/mol. The maximum absolute atomic E-state index is 11.3. The highest BCUT2D eigenvalue weighted by Crippen LogP contribution is 2.19. The van der Waals surface area contributed by atoms with Crippen LogP contribution in [0.1, 0.15) is 0 Å². The Balaban J connectivity index is 3.21. The van der Waals surface area contributed by atoms with Crippen LogP contribution in [-0.4, -0.2) is 16.5 Å². The molecule has 80 valence electrons. The molecule has 0 saturated heterocycles. The summed E-state index contributed by atoms with van der Waals surface area (Å²) in [7, 11) is -3.99. The molecule has 15 heavy (non-hydrogen) atoms. The van der Waals surface area contributed by atoms with Crippen molar-refractivity contribution in [2.75, 3.05) is 0 Å². The fourth-order valence-corrected chi connectivity index (χ4v) is 2.28. The molecular formula is C7H4INO5S. The summed E-state index contributed by atoms with van der Waals surface area (Å²) in [6, 6.07) is 4.13. The van der Waals surface area contributed by atoms with E-state index in [1.807, 2.05) is 0 Å². The highest BCUT2D eigenvalue weighted by atomic mass is 127. The van der Waals surface area contributed by atoms with Crippen molar-refractivity contribution < 1.29 is 18.1 Å². The Hall–Kier alpha value is -1.03. The first-order chi connectivity index (χ1) is 6.85. The molecule has 0 fully saturated rings. The molecule has 0 aromatic heterocycles. The maximum Gasteiger partial charge on any atom is 0.310 e. The van der Waals surface area contributed by atoms with Crippen LogP contribution in [0.2, 0.25) is 0 Å². The van der Waals surface area contributed by atoms with Crippen LogP contribution in [0.15, 0.2) is 29.2 Å². The minimum atomic E-state index is -3.99. The van der Waals surface area contributed by atoms with Gasteiger partial charge in [-0.15, -0.1) is 0 Å². The van der Waals surface area contributed by atoms with Gasteiger partial charge in [0.05, 0.1) is 9.82 Å². The van der Waals surface area contributed by atoms with Crippen LogP contribution in [0.25, 0.3) is 0 Å². The molecule has 0 heterocycles. The molecule has 0 N–H and O–H groups in total. The lowest BCUT2D eigenvalue weighted by molar-refractivity contribution is -0.384. The van der Waals surface area contributed by atoms with E-state index in [9.17, 15) is 23.3 Å². The molecule has 0 radical (unpaired) electrons. The zero-order valence-electron chi connectivity index (χ0n) is 7.08. The summed E-state index contributed by atoms with van der Waals surface area (Å²) < 4.78 is 21.6. The third-order valence-corrected chi connectivity index (χ3v) is 4.62. The smallest absolute Gasteiger partial charge is 0.269 e. The second kappa shape index (κ2) is 4.23. The Bertz CT molecular complexity index is 507. The number of nitrogens with zero attached hydrogens (tertiary/aromatic N) is 1. The summed E-state index contributed by atoms with van der Waals surface area (Å²) in [5, 5.41) is 10.3. The van der Waals surface area contributed by atoms with E-state index in [2.05, 4.69) is 0 Å². The molecule has 0 unspecified atom stereocenters. The Morgan fingerprint density at radius 1 is 1.27 bits per heavy atom. The van der Waals surface area contributed by atoms with Crippen molar-refractivity contribution in [3.63, 3.8) is 0 Å². The van der Waals surface area contributed by atoms with Crippen molar-refractivity contribution in [3.05, 3.63) is 34.4 Å². The van der Waals surface area contributed by atoms with Crippen LogP contribution < -0.4 is 0 Å². The van der Waals surface area contributed by atoms with Gasteiger partial charge in [-0.2, -0.15) is 0 Å². The van der Waals surface area contributed by atoms with Crippen LogP contribution in [0, 0.1) is 10.1 Å². The summed E-state index contributed by atoms with van der Waals surface area (Å²) in [6.45, 7) is 0. The van der Waals surface area contributed by atoms with Crippen LogP contribution in [-0.2, 0) is 9.84 Å². The molecule has 0 amide bonds. The number of sulfone groups is 1. The van der Waals surface area contributed by atoms with Gasteiger partial charge in [-0.05, 0) is 12.1 Å². The lowest BCUT2D eigenvalue weighted by Crippen LogP contribution is -2.06. The predicted octanol–water partition coefficient (Wildman–Crippen LogP) is 1.92. The average Bonchev–Trinajstić information content (AvgIpc) is 2.17. The van der Waals surface area contributed by atoms with Gasteiger partial charge < -0.3 is 0 Å². The molecule has 0 atom stereocenters. The van der Waals surface area contributed by atoms with Gasteiger partial charge in [0.15, 0.2) is 0 Å². The fraction of sp³-hybridized carbons (Fsp3) is 0.